The molecular formula is C26H33N3O3. The van der Waals surface area contributed by atoms with E-state index in [0.717, 1.165) is 49.8 Å². The molecule has 2 saturated carbocycles. The normalized spacial score (nSPS) is 15.5. The van der Waals surface area contributed by atoms with Crippen LogP contribution in [0.15, 0.2) is 54.6 Å². The molecule has 0 radical (unpaired) electrons. The van der Waals surface area contributed by atoms with E-state index in [-0.39, 0.29) is 11.8 Å². The summed E-state index contributed by atoms with van der Waals surface area (Å²) in [7, 11) is 0. The third kappa shape index (κ3) is 7.46. The average molecular weight is 436 g/mol. The van der Waals surface area contributed by atoms with E-state index in [0.29, 0.717) is 44.0 Å². The number of hydrogen-bond donors (Lipinski definition) is 2. The molecule has 2 aromatic carbocycles. The summed E-state index contributed by atoms with van der Waals surface area (Å²) >= 11 is 0. The molecule has 32 heavy (non-hydrogen) atoms. The standard InChI is InChI=1S/C26H33N3O3/c30-25(27-15-4-16-32-19-21-5-2-1-3-6-21)18-29(24-13-14-24)17-20-7-9-22(10-8-20)26(31)28-23-11-12-23/h1-3,5-10,23-24H,4,11-19H2,(H,27,30)(H,28,31). The van der Waals surface area contributed by atoms with E-state index in [9.17, 15) is 9.59 Å². The van der Waals surface area contributed by atoms with Crippen LogP contribution in [0.4, 0.5) is 0 Å². The molecule has 0 atom stereocenters. The zero-order chi connectivity index (χ0) is 22.2. The van der Waals surface area contributed by atoms with E-state index >= 15 is 0 Å². The minimum Gasteiger partial charge on any atom is -0.377 e. The number of ether oxygens (including phenoxy) is 1. The minimum atomic E-state index is 0.00484. The third-order valence-electron chi connectivity index (χ3n) is 5.82. The summed E-state index contributed by atoms with van der Waals surface area (Å²) in [5, 5.41) is 6.03. The number of amides is 2. The van der Waals surface area contributed by atoms with Crippen molar-refractivity contribution in [2.45, 2.75) is 57.3 Å². The smallest absolute Gasteiger partial charge is 0.251 e. The zero-order valence-electron chi connectivity index (χ0n) is 18.6. The van der Waals surface area contributed by atoms with Crippen LogP contribution in [0.3, 0.4) is 0 Å². The Kier molecular flexibility index (Phi) is 7.91. The maximum Gasteiger partial charge on any atom is 0.251 e. The first-order valence-electron chi connectivity index (χ1n) is 11.7. The predicted molar refractivity (Wildman–Crippen MR) is 124 cm³/mol. The molecule has 2 aliphatic rings. The van der Waals surface area contributed by atoms with Crippen molar-refractivity contribution < 1.29 is 14.3 Å². The van der Waals surface area contributed by atoms with E-state index < -0.39 is 0 Å². The quantitative estimate of drug-likeness (QED) is 0.474. The van der Waals surface area contributed by atoms with Crippen LogP contribution < -0.4 is 10.6 Å². The monoisotopic (exact) mass is 435 g/mol. The molecule has 2 amide bonds. The molecule has 2 fully saturated rings. The van der Waals surface area contributed by atoms with Crippen LogP contribution in [0.5, 0.6) is 0 Å². The Labute approximate surface area is 190 Å². The molecule has 0 spiro atoms. The number of carbonyl (C=O) groups excluding carboxylic acids is 2. The van der Waals surface area contributed by atoms with Gasteiger partial charge in [0.2, 0.25) is 5.91 Å². The number of carbonyl (C=O) groups is 2. The summed E-state index contributed by atoms with van der Waals surface area (Å²) in [4.78, 5) is 26.8. The number of nitrogens with one attached hydrogen (secondary N) is 2. The van der Waals surface area contributed by atoms with Gasteiger partial charge in [-0.25, -0.2) is 0 Å². The molecule has 0 unspecified atom stereocenters. The summed E-state index contributed by atoms with van der Waals surface area (Å²) in [6, 6.07) is 18.7. The van der Waals surface area contributed by atoms with Crippen molar-refractivity contribution in [3.05, 3.63) is 71.3 Å². The van der Waals surface area contributed by atoms with Crippen LogP contribution in [0.25, 0.3) is 0 Å². The first kappa shape index (κ1) is 22.5. The summed E-state index contributed by atoms with van der Waals surface area (Å²) in [5.74, 6) is 0.0608. The molecule has 170 valence electrons. The van der Waals surface area contributed by atoms with Crippen molar-refractivity contribution in [1.82, 2.24) is 15.5 Å². The molecule has 0 aromatic heterocycles. The highest BCUT2D eigenvalue weighted by Gasteiger charge is 2.30. The van der Waals surface area contributed by atoms with Crippen molar-refractivity contribution in [2.75, 3.05) is 19.7 Å². The molecule has 2 N–H and O–H groups in total. The minimum absolute atomic E-state index is 0.00484. The van der Waals surface area contributed by atoms with Gasteiger partial charge in [-0.1, -0.05) is 42.5 Å². The Bertz CT molecular complexity index is 877. The molecule has 6 nitrogen and oxygen atoms in total. The van der Waals surface area contributed by atoms with Crippen LogP contribution >= 0.6 is 0 Å². The van der Waals surface area contributed by atoms with Gasteiger partial charge in [-0.05, 0) is 55.4 Å². The molecular weight excluding hydrogens is 402 g/mol. The van der Waals surface area contributed by atoms with Crippen molar-refractivity contribution in [2.24, 2.45) is 0 Å². The zero-order valence-corrected chi connectivity index (χ0v) is 18.6. The van der Waals surface area contributed by atoms with Gasteiger partial charge >= 0.3 is 0 Å². The largest absolute Gasteiger partial charge is 0.377 e. The summed E-state index contributed by atoms with van der Waals surface area (Å²) in [6.45, 7) is 2.98. The number of nitrogens with zero attached hydrogens (tertiary/aromatic N) is 1. The number of rotatable bonds is 13. The number of hydrogen-bond acceptors (Lipinski definition) is 4. The van der Waals surface area contributed by atoms with E-state index in [1.54, 1.807) is 0 Å². The van der Waals surface area contributed by atoms with Gasteiger partial charge in [0.05, 0.1) is 13.2 Å². The topological polar surface area (TPSA) is 70.7 Å². The molecule has 0 heterocycles. The van der Waals surface area contributed by atoms with Gasteiger partial charge in [0.15, 0.2) is 0 Å². The Morgan fingerprint density at radius 1 is 0.938 bits per heavy atom. The number of benzene rings is 2. The van der Waals surface area contributed by atoms with Gasteiger partial charge in [0.25, 0.3) is 5.91 Å². The predicted octanol–water partition coefficient (Wildman–Crippen LogP) is 3.27. The second-order valence-electron chi connectivity index (χ2n) is 8.82. The van der Waals surface area contributed by atoms with Crippen molar-refractivity contribution >= 4 is 11.8 Å². The van der Waals surface area contributed by atoms with Crippen LogP contribution in [-0.4, -0.2) is 48.5 Å². The van der Waals surface area contributed by atoms with Gasteiger partial charge in [0.1, 0.15) is 0 Å². The Balaban J connectivity index is 1.15. The Hall–Kier alpha value is -2.70. The van der Waals surface area contributed by atoms with Gasteiger partial charge in [-0.3, -0.25) is 14.5 Å². The summed E-state index contributed by atoms with van der Waals surface area (Å²) in [6.07, 6.45) is 5.25. The van der Waals surface area contributed by atoms with Crippen molar-refractivity contribution in [1.29, 1.82) is 0 Å². The summed E-state index contributed by atoms with van der Waals surface area (Å²) < 4.78 is 5.67. The maximum atomic E-state index is 12.4. The fraction of sp³-hybridized carbons (Fsp3) is 0.462. The van der Waals surface area contributed by atoms with Gasteiger partial charge in [0, 0.05) is 37.3 Å². The molecule has 2 aliphatic carbocycles. The Morgan fingerprint density at radius 2 is 1.69 bits per heavy atom. The molecule has 2 aromatic rings. The molecule has 0 bridgehead atoms. The lowest BCUT2D eigenvalue weighted by Gasteiger charge is -2.21. The highest BCUT2D eigenvalue weighted by molar-refractivity contribution is 5.94. The molecule has 0 aliphatic heterocycles. The molecule has 0 saturated heterocycles. The Morgan fingerprint density at radius 3 is 2.38 bits per heavy atom. The lowest BCUT2D eigenvalue weighted by molar-refractivity contribution is -0.122. The van der Waals surface area contributed by atoms with Gasteiger partial charge in [-0.2, -0.15) is 0 Å². The van der Waals surface area contributed by atoms with E-state index in [1.807, 2.05) is 54.6 Å². The summed E-state index contributed by atoms with van der Waals surface area (Å²) in [5.41, 5.74) is 2.99. The van der Waals surface area contributed by atoms with Crippen LogP contribution in [-0.2, 0) is 22.7 Å². The maximum absolute atomic E-state index is 12.4. The fourth-order valence-electron chi connectivity index (χ4n) is 3.65. The molecule has 6 heteroatoms. The lowest BCUT2D eigenvalue weighted by atomic mass is 10.1. The van der Waals surface area contributed by atoms with Crippen LogP contribution in [0, 0.1) is 0 Å². The molecule has 4 rings (SSSR count). The highest BCUT2D eigenvalue weighted by Crippen LogP contribution is 2.28. The lowest BCUT2D eigenvalue weighted by Crippen LogP contribution is -2.38. The first-order chi connectivity index (χ1) is 15.7. The van der Waals surface area contributed by atoms with Crippen LogP contribution in [0.2, 0.25) is 0 Å². The van der Waals surface area contributed by atoms with Crippen molar-refractivity contribution in [3.63, 3.8) is 0 Å². The van der Waals surface area contributed by atoms with Gasteiger partial charge < -0.3 is 15.4 Å². The highest BCUT2D eigenvalue weighted by atomic mass is 16.5. The van der Waals surface area contributed by atoms with E-state index in [2.05, 4.69) is 15.5 Å². The van der Waals surface area contributed by atoms with E-state index in [1.165, 1.54) is 0 Å². The van der Waals surface area contributed by atoms with Crippen LogP contribution in [0.1, 0.15) is 53.6 Å². The van der Waals surface area contributed by atoms with Gasteiger partial charge in [-0.15, -0.1) is 0 Å². The SMILES string of the molecule is O=C(CN(Cc1ccc(C(=O)NC2CC2)cc1)C1CC1)NCCCOCc1ccccc1. The van der Waals surface area contributed by atoms with Crippen molar-refractivity contribution in [3.8, 4) is 0 Å². The second kappa shape index (κ2) is 11.2. The first-order valence-corrected chi connectivity index (χ1v) is 11.7. The second-order valence-corrected chi connectivity index (χ2v) is 8.82. The third-order valence-corrected chi connectivity index (χ3v) is 5.82. The van der Waals surface area contributed by atoms with E-state index in [4.69, 9.17) is 4.74 Å². The fourth-order valence-corrected chi connectivity index (χ4v) is 3.65. The average Bonchev–Trinajstić information content (AvgIpc) is 3.72.